The first-order chi connectivity index (χ1) is 26.3. The number of fused-ring (bicyclic) bond motifs is 2. The van der Waals surface area contributed by atoms with Gasteiger partial charge in [0.2, 0.25) is 11.5 Å². The first-order valence-corrected chi connectivity index (χ1v) is 18.4. The van der Waals surface area contributed by atoms with Crippen LogP contribution in [0.2, 0.25) is 0 Å². The number of piperidine rings is 1. The number of aromatic nitrogens is 1. The Balaban J connectivity index is 0.878. The molecular weight excluding hydrogens is 686 g/mol. The Bertz CT molecular complexity index is 2180. The normalized spacial score (nSPS) is 15.2. The number of amides is 2. The van der Waals surface area contributed by atoms with Gasteiger partial charge in [0.05, 0.1) is 30.1 Å². The number of aromatic hydroxyl groups is 1. The van der Waals surface area contributed by atoms with Crippen LogP contribution in [0, 0.1) is 0 Å². The zero-order valence-electron chi connectivity index (χ0n) is 30.2. The number of hydrogen-bond acceptors (Lipinski definition) is 9. The number of carbonyl (C=O) groups excluding carboxylic acids is 2. The van der Waals surface area contributed by atoms with Crippen LogP contribution in [0.5, 0.6) is 11.5 Å². The van der Waals surface area contributed by atoms with Gasteiger partial charge in [0.25, 0.3) is 0 Å². The Morgan fingerprint density at radius 3 is 2.54 bits per heavy atom. The van der Waals surface area contributed by atoms with E-state index in [0.717, 1.165) is 47.5 Å². The van der Waals surface area contributed by atoms with E-state index in [0.29, 0.717) is 61.3 Å². The molecule has 0 aliphatic carbocycles. The lowest BCUT2D eigenvalue weighted by Crippen LogP contribution is -2.40. The highest BCUT2D eigenvalue weighted by atomic mass is 16.6. The molecule has 5 aromatic rings. The van der Waals surface area contributed by atoms with Crippen molar-refractivity contribution in [1.82, 2.24) is 15.2 Å². The third-order valence-electron chi connectivity index (χ3n) is 10.3. The second kappa shape index (κ2) is 16.5. The van der Waals surface area contributed by atoms with Crippen LogP contribution in [0.25, 0.3) is 22.0 Å². The first kappa shape index (κ1) is 36.7. The van der Waals surface area contributed by atoms with Crippen molar-refractivity contribution < 1.29 is 29.3 Å². The number of aromatic amines is 1. The van der Waals surface area contributed by atoms with Gasteiger partial charge >= 0.3 is 6.09 Å². The first-order valence-electron chi connectivity index (χ1n) is 18.4. The maximum Gasteiger partial charge on any atom is 0.411 e. The lowest BCUT2D eigenvalue weighted by Gasteiger charge is -2.31. The monoisotopic (exact) mass is 731 g/mol. The smallest absolute Gasteiger partial charge is 0.411 e. The van der Waals surface area contributed by atoms with Crippen LogP contribution in [0.4, 0.5) is 16.2 Å². The molecule has 1 atom stereocenters. The lowest BCUT2D eigenvalue weighted by molar-refractivity contribution is -0.118. The van der Waals surface area contributed by atoms with Gasteiger partial charge in [0.15, 0.2) is 0 Å². The van der Waals surface area contributed by atoms with Crippen molar-refractivity contribution in [3.05, 3.63) is 118 Å². The summed E-state index contributed by atoms with van der Waals surface area (Å²) < 4.78 is 11.5. The zero-order chi connectivity index (χ0) is 37.6. The van der Waals surface area contributed by atoms with Crippen molar-refractivity contribution in [2.24, 2.45) is 0 Å². The van der Waals surface area contributed by atoms with Gasteiger partial charge in [-0.15, -0.1) is 0 Å². The van der Waals surface area contributed by atoms with Gasteiger partial charge in [-0.3, -0.25) is 14.9 Å². The molecular formula is C42H45N5O7. The number of ether oxygens (including phenoxy) is 2. The Labute approximate surface area is 313 Å². The summed E-state index contributed by atoms with van der Waals surface area (Å²) in [5.41, 5.74) is 6.03. The summed E-state index contributed by atoms with van der Waals surface area (Å²) in [6, 6.07) is 27.6. The number of H-pyrrole nitrogens is 1. The van der Waals surface area contributed by atoms with Crippen molar-refractivity contribution in [2.45, 2.75) is 44.4 Å². The van der Waals surface area contributed by atoms with Gasteiger partial charge in [-0.05, 0) is 60.2 Å². The maximum atomic E-state index is 13.5. The van der Waals surface area contributed by atoms with Gasteiger partial charge in [-0.2, -0.15) is 0 Å². The fourth-order valence-electron chi connectivity index (χ4n) is 7.45. The molecule has 54 heavy (non-hydrogen) atoms. The van der Waals surface area contributed by atoms with E-state index in [1.807, 2.05) is 65.6 Å². The summed E-state index contributed by atoms with van der Waals surface area (Å²) in [5.74, 6) is 0.650. The molecule has 12 heteroatoms. The van der Waals surface area contributed by atoms with Gasteiger partial charge < -0.3 is 39.8 Å². The molecule has 2 aliphatic heterocycles. The van der Waals surface area contributed by atoms with E-state index in [1.165, 1.54) is 12.1 Å². The minimum absolute atomic E-state index is 0.0575. The molecule has 2 amide bonds. The predicted octanol–water partition coefficient (Wildman–Crippen LogP) is 5.72. The summed E-state index contributed by atoms with van der Waals surface area (Å²) in [6.07, 6.45) is 0.972. The summed E-state index contributed by atoms with van der Waals surface area (Å²) >= 11 is 0. The van der Waals surface area contributed by atoms with Crippen LogP contribution in [0.15, 0.2) is 95.8 Å². The van der Waals surface area contributed by atoms with E-state index in [4.69, 9.17) is 9.47 Å². The number of phenols is 1. The van der Waals surface area contributed by atoms with Crippen LogP contribution in [-0.4, -0.2) is 78.0 Å². The summed E-state index contributed by atoms with van der Waals surface area (Å²) in [5, 5.41) is 28.0. The van der Waals surface area contributed by atoms with Gasteiger partial charge in [0.1, 0.15) is 17.6 Å². The van der Waals surface area contributed by atoms with Crippen LogP contribution < -0.4 is 25.8 Å². The Morgan fingerprint density at radius 1 is 0.963 bits per heavy atom. The summed E-state index contributed by atoms with van der Waals surface area (Å²) in [4.78, 5) is 44.8. The highest BCUT2D eigenvalue weighted by Gasteiger charge is 2.28. The number of benzene rings is 4. The molecule has 0 unspecified atom stereocenters. The van der Waals surface area contributed by atoms with E-state index in [2.05, 4.69) is 26.6 Å². The van der Waals surface area contributed by atoms with Gasteiger partial charge in [0, 0.05) is 74.3 Å². The minimum atomic E-state index is -0.890. The van der Waals surface area contributed by atoms with E-state index in [-0.39, 0.29) is 35.4 Å². The van der Waals surface area contributed by atoms with Crippen LogP contribution in [0.3, 0.4) is 0 Å². The number of aliphatic hydroxyl groups is 1. The molecule has 12 nitrogen and oxygen atoms in total. The van der Waals surface area contributed by atoms with E-state index < -0.39 is 12.2 Å². The van der Waals surface area contributed by atoms with Crippen molar-refractivity contribution in [2.75, 3.05) is 50.1 Å². The molecule has 4 aromatic carbocycles. The second-order valence-electron chi connectivity index (χ2n) is 13.8. The predicted molar refractivity (Wildman–Crippen MR) is 208 cm³/mol. The third kappa shape index (κ3) is 8.26. The molecule has 280 valence electrons. The number of likely N-dealkylation sites (tertiary alicyclic amines) is 1. The number of anilines is 2. The fourth-order valence-corrected chi connectivity index (χ4v) is 7.45. The molecule has 0 saturated carbocycles. The number of nitrogens with one attached hydrogen (secondary N) is 3. The standard InChI is InChI=1S/C42H45N5O7/c1-53-38-24-35-28(23-29(38)25-43-26-37(49)32-11-13-36(48)41-33(32)12-14-39(50)45-41)15-22-47(35)40(51)18-21-46-19-16-30(17-20-46)54-42(52)44-34-10-6-5-9-31(34)27-7-3-2-4-8-27/h2-14,23-24,30,37,43,48-49H,15-22,25-26H2,1H3,(H,44,52)(H,45,50)/t37-/m0/s1. The Kier molecular flexibility index (Phi) is 11.2. The van der Waals surface area contributed by atoms with E-state index in [9.17, 15) is 24.6 Å². The number of para-hydroxylation sites is 1. The lowest BCUT2D eigenvalue weighted by atomic mass is 10.0. The minimum Gasteiger partial charge on any atom is -0.506 e. The quantitative estimate of drug-likeness (QED) is 0.108. The van der Waals surface area contributed by atoms with Gasteiger partial charge in [-0.25, -0.2) is 4.79 Å². The van der Waals surface area contributed by atoms with Crippen molar-refractivity contribution in [1.29, 1.82) is 0 Å². The topological polar surface area (TPSA) is 156 Å². The van der Waals surface area contributed by atoms with Gasteiger partial charge in [-0.1, -0.05) is 54.6 Å². The number of nitrogens with zero attached hydrogens (tertiary/aromatic N) is 2. The molecule has 3 heterocycles. The average molecular weight is 732 g/mol. The van der Waals surface area contributed by atoms with Crippen LogP contribution >= 0.6 is 0 Å². The number of carbonyl (C=O) groups is 2. The SMILES string of the molecule is COc1cc2c(cc1CNC[C@H](O)c1ccc(O)c3[nH]c(=O)ccc13)CCN2C(=O)CCN1CCC(OC(=O)Nc2ccccc2-c2ccccc2)CC1. The highest BCUT2D eigenvalue weighted by Crippen LogP contribution is 2.36. The number of hydrogen-bond donors (Lipinski definition) is 5. The molecule has 5 N–H and O–H groups in total. The molecule has 1 fully saturated rings. The molecule has 1 aromatic heterocycles. The Morgan fingerprint density at radius 2 is 1.74 bits per heavy atom. The van der Waals surface area contributed by atoms with Crippen molar-refractivity contribution >= 4 is 34.3 Å². The molecule has 0 bridgehead atoms. The summed E-state index contributed by atoms with van der Waals surface area (Å²) in [6.45, 7) is 3.36. The van der Waals surface area contributed by atoms with Crippen molar-refractivity contribution in [3.8, 4) is 22.6 Å². The Hall–Kier alpha value is -5.69. The summed E-state index contributed by atoms with van der Waals surface area (Å²) in [7, 11) is 1.60. The van der Waals surface area contributed by atoms with E-state index in [1.54, 1.807) is 19.2 Å². The molecule has 0 radical (unpaired) electrons. The fraction of sp³-hybridized carbons (Fsp3) is 0.310. The van der Waals surface area contributed by atoms with Crippen LogP contribution in [0.1, 0.15) is 42.1 Å². The average Bonchev–Trinajstić information content (AvgIpc) is 3.61. The third-order valence-corrected chi connectivity index (χ3v) is 10.3. The number of aliphatic hydroxyl groups excluding tert-OH is 1. The molecule has 7 rings (SSSR count). The number of phenolic OH excluding ortho intramolecular Hbond substituents is 1. The second-order valence-corrected chi connectivity index (χ2v) is 13.8. The molecule has 0 spiro atoms. The highest BCUT2D eigenvalue weighted by molar-refractivity contribution is 5.96. The number of methoxy groups -OCH3 is 1. The van der Waals surface area contributed by atoms with E-state index >= 15 is 0 Å². The number of rotatable bonds is 12. The maximum absolute atomic E-state index is 13.5. The van der Waals surface area contributed by atoms with Crippen LogP contribution in [-0.2, 0) is 22.5 Å². The largest absolute Gasteiger partial charge is 0.506 e. The van der Waals surface area contributed by atoms with Crippen molar-refractivity contribution in [3.63, 3.8) is 0 Å². The molecule has 1 saturated heterocycles. The number of pyridine rings is 1. The zero-order valence-corrected chi connectivity index (χ0v) is 30.2. The molecule has 2 aliphatic rings.